The molecule has 0 aromatic rings. The van der Waals surface area contributed by atoms with Gasteiger partial charge in [-0.05, 0) is 19.8 Å². The van der Waals surface area contributed by atoms with Gasteiger partial charge in [-0.15, -0.1) is 0 Å². The lowest BCUT2D eigenvalue weighted by Crippen LogP contribution is -2.45. The van der Waals surface area contributed by atoms with E-state index in [0.29, 0.717) is 13.0 Å². The lowest BCUT2D eigenvalue weighted by molar-refractivity contribution is -0.160. The van der Waals surface area contributed by atoms with E-state index in [0.717, 1.165) is 6.42 Å². The highest BCUT2D eigenvalue weighted by atomic mass is 16.5. The van der Waals surface area contributed by atoms with E-state index in [4.69, 9.17) is 9.84 Å². The molecular weight excluding hydrogens is 160 g/mol. The molecule has 1 saturated heterocycles. The van der Waals surface area contributed by atoms with Crippen LogP contribution in [0, 0.1) is 0 Å². The number of aliphatic hydroxyl groups is 1. The highest BCUT2D eigenvalue weighted by molar-refractivity contribution is 5.67. The lowest BCUT2D eigenvalue weighted by atomic mass is 9.89. The van der Waals surface area contributed by atoms with Crippen LogP contribution in [-0.4, -0.2) is 34.5 Å². The molecule has 0 bridgehead atoms. The third kappa shape index (κ3) is 2.19. The van der Waals surface area contributed by atoms with Gasteiger partial charge in [0.05, 0.1) is 18.1 Å². The highest BCUT2D eigenvalue weighted by Crippen LogP contribution is 2.26. The van der Waals surface area contributed by atoms with Crippen molar-refractivity contribution >= 4 is 5.97 Å². The molecule has 1 heterocycles. The smallest absolute Gasteiger partial charge is 0.306 e. The third-order valence-corrected chi connectivity index (χ3v) is 2.20. The lowest BCUT2D eigenvalue weighted by Gasteiger charge is -2.36. The predicted octanol–water partition coefficient (Wildman–Crippen LogP) is 0.391. The summed E-state index contributed by atoms with van der Waals surface area (Å²) in [5.74, 6) is -0.929. The van der Waals surface area contributed by atoms with E-state index in [-0.39, 0.29) is 6.42 Å². The summed E-state index contributed by atoms with van der Waals surface area (Å²) in [6, 6.07) is 0. The first-order chi connectivity index (χ1) is 5.52. The molecule has 0 spiro atoms. The van der Waals surface area contributed by atoms with Crippen LogP contribution in [0.3, 0.4) is 0 Å². The van der Waals surface area contributed by atoms with Crippen molar-refractivity contribution in [3.63, 3.8) is 0 Å². The maximum absolute atomic E-state index is 10.4. The van der Waals surface area contributed by atoms with Crippen LogP contribution < -0.4 is 0 Å². The van der Waals surface area contributed by atoms with E-state index < -0.39 is 17.7 Å². The number of hydrogen-bond acceptors (Lipinski definition) is 3. The summed E-state index contributed by atoms with van der Waals surface area (Å²) in [4.78, 5) is 10.4. The van der Waals surface area contributed by atoms with Crippen molar-refractivity contribution in [1.82, 2.24) is 0 Å². The van der Waals surface area contributed by atoms with E-state index in [1.165, 1.54) is 0 Å². The summed E-state index contributed by atoms with van der Waals surface area (Å²) in [6.07, 6.45) is 0.741. The molecule has 2 unspecified atom stereocenters. The van der Waals surface area contributed by atoms with Gasteiger partial charge in [-0.3, -0.25) is 4.79 Å². The van der Waals surface area contributed by atoms with E-state index in [1.54, 1.807) is 6.92 Å². The van der Waals surface area contributed by atoms with Gasteiger partial charge in [-0.1, -0.05) is 0 Å². The van der Waals surface area contributed by atoms with Gasteiger partial charge in [-0.2, -0.15) is 0 Å². The molecule has 70 valence electrons. The average Bonchev–Trinajstić information content (AvgIpc) is 1.92. The van der Waals surface area contributed by atoms with Crippen LogP contribution in [0.1, 0.15) is 26.2 Å². The maximum atomic E-state index is 10.4. The Hall–Kier alpha value is -0.610. The SMILES string of the molecule is CC1(O)CCCOC1CC(=O)O. The van der Waals surface area contributed by atoms with Crippen molar-refractivity contribution in [3.05, 3.63) is 0 Å². The molecule has 1 aliphatic heterocycles. The van der Waals surface area contributed by atoms with Gasteiger partial charge in [0.2, 0.25) is 0 Å². The van der Waals surface area contributed by atoms with Gasteiger partial charge >= 0.3 is 5.97 Å². The molecule has 4 nitrogen and oxygen atoms in total. The largest absolute Gasteiger partial charge is 0.481 e. The molecule has 2 N–H and O–H groups in total. The minimum atomic E-state index is -0.976. The Kier molecular flexibility index (Phi) is 2.69. The number of carboxylic acids is 1. The Bertz CT molecular complexity index is 176. The summed E-state index contributed by atoms with van der Waals surface area (Å²) in [5.41, 5.74) is -0.976. The van der Waals surface area contributed by atoms with Crippen LogP contribution >= 0.6 is 0 Å². The molecule has 1 fully saturated rings. The van der Waals surface area contributed by atoms with E-state index in [9.17, 15) is 9.90 Å². The number of rotatable bonds is 2. The second kappa shape index (κ2) is 3.41. The fourth-order valence-electron chi connectivity index (χ4n) is 1.43. The zero-order valence-electron chi connectivity index (χ0n) is 7.12. The summed E-state index contributed by atoms with van der Waals surface area (Å²) in [7, 11) is 0. The normalized spacial score (nSPS) is 36.3. The van der Waals surface area contributed by atoms with Gasteiger partial charge in [0, 0.05) is 6.61 Å². The number of hydrogen-bond donors (Lipinski definition) is 2. The summed E-state index contributed by atoms with van der Waals surface area (Å²) >= 11 is 0. The summed E-state index contributed by atoms with van der Waals surface area (Å²) in [6.45, 7) is 2.17. The molecule has 1 aliphatic rings. The quantitative estimate of drug-likeness (QED) is 0.635. The first-order valence-electron chi connectivity index (χ1n) is 4.08. The number of ether oxygens (including phenoxy) is 1. The molecule has 0 saturated carbocycles. The topological polar surface area (TPSA) is 66.8 Å². The number of aliphatic carboxylic acids is 1. The van der Waals surface area contributed by atoms with Crippen molar-refractivity contribution in [3.8, 4) is 0 Å². The second-order valence-corrected chi connectivity index (χ2v) is 3.42. The van der Waals surface area contributed by atoms with E-state index in [2.05, 4.69) is 0 Å². The molecule has 0 amide bonds. The number of carboxylic acid groups (broad SMARTS) is 1. The molecular formula is C8H14O4. The standard InChI is InChI=1S/C8H14O4/c1-8(11)3-2-4-12-6(8)5-7(9)10/h6,11H,2-5H2,1H3,(H,9,10). The van der Waals surface area contributed by atoms with E-state index in [1.807, 2.05) is 0 Å². The maximum Gasteiger partial charge on any atom is 0.306 e. The molecule has 1 rings (SSSR count). The van der Waals surface area contributed by atoms with Gasteiger partial charge < -0.3 is 14.9 Å². The second-order valence-electron chi connectivity index (χ2n) is 3.42. The molecule has 0 aromatic carbocycles. The first kappa shape index (κ1) is 9.48. The fraction of sp³-hybridized carbons (Fsp3) is 0.875. The molecule has 4 heteroatoms. The first-order valence-corrected chi connectivity index (χ1v) is 4.08. The zero-order chi connectivity index (χ0) is 9.19. The van der Waals surface area contributed by atoms with Crippen molar-refractivity contribution < 1.29 is 19.7 Å². The summed E-state index contributed by atoms with van der Waals surface area (Å²) < 4.78 is 5.17. The van der Waals surface area contributed by atoms with Crippen LogP contribution in [-0.2, 0) is 9.53 Å². The van der Waals surface area contributed by atoms with Crippen molar-refractivity contribution in [2.75, 3.05) is 6.61 Å². The third-order valence-electron chi connectivity index (χ3n) is 2.20. The highest BCUT2D eigenvalue weighted by Gasteiger charge is 2.36. The predicted molar refractivity (Wildman–Crippen MR) is 41.9 cm³/mol. The number of carbonyl (C=O) groups is 1. The van der Waals surface area contributed by atoms with Gasteiger partial charge in [-0.25, -0.2) is 0 Å². The Balaban J connectivity index is 2.54. The minimum Gasteiger partial charge on any atom is -0.481 e. The van der Waals surface area contributed by atoms with Gasteiger partial charge in [0.1, 0.15) is 0 Å². The van der Waals surface area contributed by atoms with Gasteiger partial charge in [0.15, 0.2) is 0 Å². The van der Waals surface area contributed by atoms with Crippen LogP contribution in [0.25, 0.3) is 0 Å². The zero-order valence-corrected chi connectivity index (χ0v) is 7.12. The van der Waals surface area contributed by atoms with E-state index >= 15 is 0 Å². The summed E-state index contributed by atoms with van der Waals surface area (Å²) in [5, 5.41) is 18.2. The Morgan fingerprint density at radius 2 is 2.42 bits per heavy atom. The molecule has 2 atom stereocenters. The minimum absolute atomic E-state index is 0.118. The molecule has 12 heavy (non-hydrogen) atoms. The van der Waals surface area contributed by atoms with Crippen molar-refractivity contribution in [1.29, 1.82) is 0 Å². The van der Waals surface area contributed by atoms with Crippen molar-refractivity contribution in [2.24, 2.45) is 0 Å². The van der Waals surface area contributed by atoms with Crippen LogP contribution in [0.5, 0.6) is 0 Å². The van der Waals surface area contributed by atoms with Gasteiger partial charge in [0.25, 0.3) is 0 Å². The Morgan fingerprint density at radius 3 is 2.92 bits per heavy atom. The Labute approximate surface area is 71.2 Å². The Morgan fingerprint density at radius 1 is 1.75 bits per heavy atom. The average molecular weight is 174 g/mol. The van der Waals surface area contributed by atoms with Crippen LogP contribution in [0.2, 0.25) is 0 Å². The molecule has 0 radical (unpaired) electrons. The fourth-order valence-corrected chi connectivity index (χ4v) is 1.43. The monoisotopic (exact) mass is 174 g/mol. The van der Waals surface area contributed by atoms with Crippen LogP contribution in [0.4, 0.5) is 0 Å². The van der Waals surface area contributed by atoms with Crippen molar-refractivity contribution in [2.45, 2.75) is 37.9 Å². The molecule has 0 aliphatic carbocycles. The van der Waals surface area contributed by atoms with Crippen LogP contribution in [0.15, 0.2) is 0 Å². The molecule has 0 aromatic heterocycles.